The van der Waals surface area contributed by atoms with Gasteiger partial charge in [0, 0.05) is 11.3 Å². The molecule has 68 valence electrons. The van der Waals surface area contributed by atoms with Crippen LogP contribution in [0.2, 0.25) is 0 Å². The standard InChI is InChI=1S/C10H11NO2/c1-6-9-7(11-10(6)12)4-3-5-8(9)13-2/h3-6H,1-2H3,(H,11,12)/t6-/m0/s1. The van der Waals surface area contributed by atoms with E-state index in [0.29, 0.717) is 0 Å². The molecule has 0 bridgehead atoms. The van der Waals surface area contributed by atoms with Crippen molar-refractivity contribution in [2.45, 2.75) is 12.8 Å². The Morgan fingerprint density at radius 1 is 1.46 bits per heavy atom. The monoisotopic (exact) mass is 177 g/mol. The summed E-state index contributed by atoms with van der Waals surface area (Å²) in [4.78, 5) is 11.3. The van der Waals surface area contributed by atoms with E-state index in [9.17, 15) is 4.79 Å². The Labute approximate surface area is 76.7 Å². The van der Waals surface area contributed by atoms with E-state index in [1.165, 1.54) is 0 Å². The molecule has 13 heavy (non-hydrogen) atoms. The van der Waals surface area contributed by atoms with Crippen molar-refractivity contribution in [2.24, 2.45) is 0 Å². The number of hydrogen-bond donors (Lipinski definition) is 1. The molecule has 3 heteroatoms. The van der Waals surface area contributed by atoms with Crippen LogP contribution in [0.15, 0.2) is 18.2 Å². The predicted molar refractivity (Wildman–Crippen MR) is 50.0 cm³/mol. The number of amides is 1. The molecule has 0 fully saturated rings. The molecule has 0 spiro atoms. The first-order valence-electron chi connectivity index (χ1n) is 4.22. The van der Waals surface area contributed by atoms with E-state index in [1.54, 1.807) is 7.11 Å². The van der Waals surface area contributed by atoms with Gasteiger partial charge in [0.2, 0.25) is 5.91 Å². The Hall–Kier alpha value is -1.51. The second-order valence-electron chi connectivity index (χ2n) is 3.13. The molecule has 0 aliphatic carbocycles. The second kappa shape index (κ2) is 2.76. The first-order chi connectivity index (χ1) is 6.24. The summed E-state index contributed by atoms with van der Waals surface area (Å²) in [5.41, 5.74) is 1.84. The van der Waals surface area contributed by atoms with E-state index in [-0.39, 0.29) is 11.8 Å². The van der Waals surface area contributed by atoms with E-state index in [0.717, 1.165) is 17.0 Å². The Morgan fingerprint density at radius 2 is 2.23 bits per heavy atom. The van der Waals surface area contributed by atoms with Crippen LogP contribution in [0.4, 0.5) is 5.69 Å². The first kappa shape index (κ1) is 8.10. The van der Waals surface area contributed by atoms with E-state index < -0.39 is 0 Å². The van der Waals surface area contributed by atoms with E-state index in [4.69, 9.17) is 4.74 Å². The summed E-state index contributed by atoms with van der Waals surface area (Å²) in [6.07, 6.45) is 0. The van der Waals surface area contributed by atoms with Gasteiger partial charge in [-0.05, 0) is 19.1 Å². The van der Waals surface area contributed by atoms with Crippen LogP contribution in [0, 0.1) is 0 Å². The average molecular weight is 177 g/mol. The van der Waals surface area contributed by atoms with Gasteiger partial charge in [-0.3, -0.25) is 4.79 Å². The van der Waals surface area contributed by atoms with Crippen molar-refractivity contribution in [3.05, 3.63) is 23.8 Å². The fourth-order valence-electron chi connectivity index (χ4n) is 1.65. The normalized spacial score (nSPS) is 19.5. The van der Waals surface area contributed by atoms with Crippen LogP contribution < -0.4 is 10.1 Å². The van der Waals surface area contributed by atoms with E-state index >= 15 is 0 Å². The molecule has 0 saturated carbocycles. The Bertz CT molecular complexity index is 360. The minimum Gasteiger partial charge on any atom is -0.496 e. The number of carbonyl (C=O) groups is 1. The molecule has 1 aliphatic rings. The van der Waals surface area contributed by atoms with Gasteiger partial charge in [0.25, 0.3) is 0 Å². The molecule has 0 aromatic heterocycles. The van der Waals surface area contributed by atoms with Gasteiger partial charge >= 0.3 is 0 Å². The summed E-state index contributed by atoms with van der Waals surface area (Å²) in [5.74, 6) is 0.717. The topological polar surface area (TPSA) is 38.3 Å². The van der Waals surface area contributed by atoms with Crippen molar-refractivity contribution in [2.75, 3.05) is 12.4 Å². The number of rotatable bonds is 1. The maximum atomic E-state index is 11.3. The Balaban J connectivity index is 2.57. The molecular formula is C10H11NO2. The number of hydrogen-bond acceptors (Lipinski definition) is 2. The van der Waals surface area contributed by atoms with Crippen LogP contribution in [-0.2, 0) is 4.79 Å². The van der Waals surface area contributed by atoms with Crippen LogP contribution >= 0.6 is 0 Å². The largest absolute Gasteiger partial charge is 0.496 e. The van der Waals surface area contributed by atoms with Crippen molar-refractivity contribution >= 4 is 11.6 Å². The smallest absolute Gasteiger partial charge is 0.231 e. The molecule has 1 N–H and O–H groups in total. The molecule has 1 aromatic rings. The van der Waals surface area contributed by atoms with Gasteiger partial charge < -0.3 is 10.1 Å². The maximum Gasteiger partial charge on any atom is 0.231 e. The molecule has 3 nitrogen and oxygen atoms in total. The first-order valence-corrected chi connectivity index (χ1v) is 4.22. The van der Waals surface area contributed by atoms with Gasteiger partial charge in [-0.1, -0.05) is 6.07 Å². The second-order valence-corrected chi connectivity index (χ2v) is 3.13. The molecule has 1 amide bonds. The fourth-order valence-corrected chi connectivity index (χ4v) is 1.65. The quantitative estimate of drug-likeness (QED) is 0.709. The van der Waals surface area contributed by atoms with Crippen LogP contribution in [0.25, 0.3) is 0 Å². The zero-order valence-electron chi connectivity index (χ0n) is 7.63. The zero-order valence-corrected chi connectivity index (χ0v) is 7.63. The summed E-state index contributed by atoms with van der Waals surface area (Å²) in [5, 5.41) is 2.80. The number of methoxy groups -OCH3 is 1. The van der Waals surface area contributed by atoms with Crippen molar-refractivity contribution in [3.8, 4) is 5.75 Å². The average Bonchev–Trinajstić information content (AvgIpc) is 2.43. The minimum atomic E-state index is -0.105. The highest BCUT2D eigenvalue weighted by Crippen LogP contribution is 2.38. The number of ether oxygens (including phenoxy) is 1. The maximum absolute atomic E-state index is 11.3. The van der Waals surface area contributed by atoms with Gasteiger partial charge in [-0.2, -0.15) is 0 Å². The molecule has 2 rings (SSSR count). The van der Waals surface area contributed by atoms with Crippen molar-refractivity contribution in [3.63, 3.8) is 0 Å². The summed E-state index contributed by atoms with van der Waals surface area (Å²) in [6.45, 7) is 1.88. The predicted octanol–water partition coefficient (Wildman–Crippen LogP) is 1.75. The molecule has 1 atom stereocenters. The lowest BCUT2D eigenvalue weighted by Crippen LogP contribution is -2.08. The molecule has 1 aromatic carbocycles. The third-order valence-corrected chi connectivity index (χ3v) is 2.37. The van der Waals surface area contributed by atoms with Crippen molar-refractivity contribution in [1.82, 2.24) is 0 Å². The number of anilines is 1. The van der Waals surface area contributed by atoms with Gasteiger partial charge in [0.1, 0.15) is 5.75 Å². The summed E-state index contributed by atoms with van der Waals surface area (Å²) in [7, 11) is 1.62. The molecule has 0 unspecified atom stereocenters. The fraction of sp³-hybridized carbons (Fsp3) is 0.300. The summed E-state index contributed by atoms with van der Waals surface area (Å²) in [6, 6.07) is 5.63. The highest BCUT2D eigenvalue weighted by Gasteiger charge is 2.29. The highest BCUT2D eigenvalue weighted by molar-refractivity contribution is 6.03. The SMILES string of the molecule is COc1cccc2c1[C@H](C)C(=O)N2. The third kappa shape index (κ3) is 1.08. The number of nitrogens with one attached hydrogen (secondary N) is 1. The van der Waals surface area contributed by atoms with Gasteiger partial charge in [0.05, 0.1) is 13.0 Å². The highest BCUT2D eigenvalue weighted by atomic mass is 16.5. The number of benzene rings is 1. The van der Waals surface area contributed by atoms with Gasteiger partial charge in [-0.25, -0.2) is 0 Å². The molecule has 1 aliphatic heterocycles. The van der Waals surface area contributed by atoms with Crippen LogP contribution in [0.3, 0.4) is 0 Å². The van der Waals surface area contributed by atoms with E-state index in [1.807, 2.05) is 25.1 Å². The van der Waals surface area contributed by atoms with Crippen LogP contribution in [-0.4, -0.2) is 13.0 Å². The van der Waals surface area contributed by atoms with Gasteiger partial charge in [0.15, 0.2) is 0 Å². The lowest BCUT2D eigenvalue weighted by atomic mass is 10.0. The molecule has 0 saturated heterocycles. The molecule has 1 heterocycles. The Kier molecular flexibility index (Phi) is 1.72. The molecule has 0 radical (unpaired) electrons. The van der Waals surface area contributed by atoms with Crippen LogP contribution in [0.1, 0.15) is 18.4 Å². The van der Waals surface area contributed by atoms with Crippen molar-refractivity contribution in [1.29, 1.82) is 0 Å². The van der Waals surface area contributed by atoms with E-state index in [2.05, 4.69) is 5.32 Å². The number of fused-ring (bicyclic) bond motifs is 1. The van der Waals surface area contributed by atoms with Crippen LogP contribution in [0.5, 0.6) is 5.75 Å². The third-order valence-electron chi connectivity index (χ3n) is 2.37. The molecular weight excluding hydrogens is 166 g/mol. The number of carbonyl (C=O) groups excluding carboxylic acids is 1. The lowest BCUT2D eigenvalue weighted by molar-refractivity contribution is -0.116. The Morgan fingerprint density at radius 3 is 2.92 bits per heavy atom. The summed E-state index contributed by atoms with van der Waals surface area (Å²) < 4.78 is 5.18. The lowest BCUT2D eigenvalue weighted by Gasteiger charge is -2.07. The summed E-state index contributed by atoms with van der Waals surface area (Å²) >= 11 is 0. The van der Waals surface area contributed by atoms with Crippen molar-refractivity contribution < 1.29 is 9.53 Å². The minimum absolute atomic E-state index is 0.0412. The van der Waals surface area contributed by atoms with Gasteiger partial charge in [-0.15, -0.1) is 0 Å². The zero-order chi connectivity index (χ0) is 9.42.